The van der Waals surface area contributed by atoms with Crippen LogP contribution in [-0.2, 0) is 11.2 Å². The molecule has 130 valence electrons. The van der Waals surface area contributed by atoms with E-state index >= 15 is 0 Å². The maximum absolute atomic E-state index is 12.9. The number of aryl methyl sites for hydroxylation is 1. The lowest BCUT2D eigenvalue weighted by Crippen LogP contribution is -2.27. The van der Waals surface area contributed by atoms with Gasteiger partial charge in [-0.1, -0.05) is 32.0 Å². The van der Waals surface area contributed by atoms with Crippen LogP contribution in [-0.4, -0.2) is 25.5 Å². The number of nitrogens with zero attached hydrogens (tertiary/aromatic N) is 4. The molecule has 1 aromatic carbocycles. The Morgan fingerprint density at radius 2 is 1.96 bits per heavy atom. The minimum atomic E-state index is -0.349. The first-order valence-corrected chi connectivity index (χ1v) is 8.59. The fourth-order valence-corrected chi connectivity index (χ4v) is 2.94. The number of nitrogens with one attached hydrogen (secondary N) is 1. The minimum Gasteiger partial charge on any atom is -0.308 e. The molecule has 6 heteroatoms. The van der Waals surface area contributed by atoms with Gasteiger partial charge in [0.2, 0.25) is 5.91 Å². The number of amides is 1. The monoisotopic (exact) mass is 337 g/mol. The Hall–Kier alpha value is -2.89. The molecule has 0 radical (unpaired) electrons. The van der Waals surface area contributed by atoms with E-state index < -0.39 is 0 Å². The molecule has 0 saturated carbocycles. The zero-order valence-electron chi connectivity index (χ0n) is 14.8. The summed E-state index contributed by atoms with van der Waals surface area (Å²) in [4.78, 5) is 12.9. The highest BCUT2D eigenvalue weighted by Gasteiger charge is 2.23. The summed E-state index contributed by atoms with van der Waals surface area (Å²) in [6.45, 7) is 6.04. The second kappa shape index (κ2) is 7.34. The molecule has 1 amide bonds. The Morgan fingerprint density at radius 1 is 1.20 bits per heavy atom. The highest BCUT2D eigenvalue weighted by molar-refractivity contribution is 5.94. The van der Waals surface area contributed by atoms with Crippen LogP contribution in [0.15, 0.2) is 48.8 Å². The molecule has 0 aliphatic carbocycles. The van der Waals surface area contributed by atoms with E-state index in [2.05, 4.69) is 22.4 Å². The summed E-state index contributed by atoms with van der Waals surface area (Å²) in [5.41, 5.74) is 2.90. The second-order valence-corrected chi connectivity index (χ2v) is 5.92. The molecule has 0 unspecified atom stereocenters. The Balaban J connectivity index is 1.96. The van der Waals surface area contributed by atoms with Gasteiger partial charge < -0.3 is 5.32 Å². The van der Waals surface area contributed by atoms with Gasteiger partial charge in [0.25, 0.3) is 0 Å². The summed E-state index contributed by atoms with van der Waals surface area (Å²) in [6, 6.07) is 11.3. The Morgan fingerprint density at radius 3 is 2.56 bits per heavy atom. The highest BCUT2D eigenvalue weighted by atomic mass is 16.2. The van der Waals surface area contributed by atoms with Gasteiger partial charge in [-0.2, -0.15) is 10.2 Å². The Labute approximate surface area is 147 Å². The van der Waals surface area contributed by atoms with E-state index in [0.717, 1.165) is 29.2 Å². The van der Waals surface area contributed by atoms with E-state index in [9.17, 15) is 4.79 Å². The number of para-hydroxylation sites is 1. The summed E-state index contributed by atoms with van der Waals surface area (Å²) < 4.78 is 3.50. The van der Waals surface area contributed by atoms with Crippen LogP contribution in [0.2, 0.25) is 0 Å². The van der Waals surface area contributed by atoms with E-state index in [1.165, 1.54) is 0 Å². The minimum absolute atomic E-state index is 0.0889. The van der Waals surface area contributed by atoms with Gasteiger partial charge in [0.15, 0.2) is 0 Å². The summed E-state index contributed by atoms with van der Waals surface area (Å²) >= 11 is 0. The zero-order chi connectivity index (χ0) is 17.8. The van der Waals surface area contributed by atoms with E-state index in [1.54, 1.807) is 10.9 Å². The molecule has 25 heavy (non-hydrogen) atoms. The van der Waals surface area contributed by atoms with Crippen molar-refractivity contribution in [2.45, 2.75) is 39.7 Å². The lowest BCUT2D eigenvalue weighted by atomic mass is 10.2. The number of anilines is 1. The van der Waals surface area contributed by atoms with Gasteiger partial charge >= 0.3 is 0 Å². The number of hydrogen-bond acceptors (Lipinski definition) is 3. The number of carbonyl (C=O) groups excluding carboxylic acids is 1. The van der Waals surface area contributed by atoms with Crippen molar-refractivity contribution >= 4 is 11.7 Å². The van der Waals surface area contributed by atoms with Crippen molar-refractivity contribution in [1.82, 2.24) is 19.6 Å². The maximum atomic E-state index is 12.9. The van der Waals surface area contributed by atoms with Crippen molar-refractivity contribution in [3.05, 3.63) is 60.0 Å². The summed E-state index contributed by atoms with van der Waals surface area (Å²) in [6.07, 6.45) is 4.97. The van der Waals surface area contributed by atoms with Crippen LogP contribution in [0.25, 0.3) is 5.69 Å². The molecule has 2 heterocycles. The first-order chi connectivity index (χ1) is 12.2. The molecule has 0 bridgehead atoms. The highest BCUT2D eigenvalue weighted by Crippen LogP contribution is 2.25. The number of aromatic nitrogens is 4. The van der Waals surface area contributed by atoms with Crippen LogP contribution >= 0.6 is 0 Å². The predicted molar refractivity (Wildman–Crippen MR) is 97.9 cm³/mol. The van der Waals surface area contributed by atoms with Gasteiger partial charge in [0, 0.05) is 18.0 Å². The summed E-state index contributed by atoms with van der Waals surface area (Å²) in [5.74, 6) is 0.632. The Bertz CT molecular complexity index is 836. The molecular weight excluding hydrogens is 314 g/mol. The molecule has 1 N–H and O–H groups in total. The number of carbonyl (C=O) groups is 1. The van der Waals surface area contributed by atoms with Gasteiger partial charge in [-0.15, -0.1) is 0 Å². The van der Waals surface area contributed by atoms with Gasteiger partial charge in [0.1, 0.15) is 11.9 Å². The molecule has 0 aliphatic heterocycles. The largest absolute Gasteiger partial charge is 0.308 e. The van der Waals surface area contributed by atoms with Crippen LogP contribution < -0.4 is 5.32 Å². The van der Waals surface area contributed by atoms with Crippen LogP contribution in [0.3, 0.4) is 0 Å². The van der Waals surface area contributed by atoms with E-state index in [4.69, 9.17) is 0 Å². The quantitative estimate of drug-likeness (QED) is 0.748. The average Bonchev–Trinajstić information content (AvgIpc) is 3.26. The molecule has 0 saturated heterocycles. The number of hydrogen-bond donors (Lipinski definition) is 1. The molecule has 2 aromatic heterocycles. The standard InChI is InChI=1S/C19H23N5O/c1-4-16-14(3)18(24(22-16)15-10-7-6-8-11-15)21-19(25)17(5-2)23-13-9-12-20-23/h6-13,17H,4-5H2,1-3H3,(H,21,25)/t17-/m0/s1. The second-order valence-electron chi connectivity index (χ2n) is 5.92. The van der Waals surface area contributed by atoms with Gasteiger partial charge in [-0.3, -0.25) is 9.48 Å². The van der Waals surface area contributed by atoms with Crippen LogP contribution in [0, 0.1) is 6.92 Å². The number of benzene rings is 1. The third-order valence-electron chi connectivity index (χ3n) is 4.33. The summed E-state index contributed by atoms with van der Waals surface area (Å²) in [5, 5.41) is 12.0. The van der Waals surface area contributed by atoms with Crippen molar-refractivity contribution in [3.8, 4) is 5.69 Å². The van der Waals surface area contributed by atoms with Crippen molar-refractivity contribution < 1.29 is 4.79 Å². The maximum Gasteiger partial charge on any atom is 0.250 e. The predicted octanol–water partition coefficient (Wildman–Crippen LogP) is 3.53. The lowest BCUT2D eigenvalue weighted by Gasteiger charge is -2.17. The van der Waals surface area contributed by atoms with Crippen molar-refractivity contribution in [2.24, 2.45) is 0 Å². The van der Waals surface area contributed by atoms with Crippen LogP contribution in [0.5, 0.6) is 0 Å². The van der Waals surface area contributed by atoms with Crippen molar-refractivity contribution in [3.63, 3.8) is 0 Å². The third kappa shape index (κ3) is 3.33. The molecule has 3 aromatic rings. The molecule has 1 atom stereocenters. The zero-order valence-corrected chi connectivity index (χ0v) is 14.8. The molecular formula is C19H23N5O. The number of rotatable bonds is 6. The van der Waals surface area contributed by atoms with E-state index in [0.29, 0.717) is 6.42 Å². The van der Waals surface area contributed by atoms with Gasteiger partial charge in [0.05, 0.1) is 11.4 Å². The molecule has 3 rings (SSSR count). The summed E-state index contributed by atoms with van der Waals surface area (Å²) in [7, 11) is 0. The van der Waals surface area contributed by atoms with Crippen LogP contribution in [0.1, 0.15) is 37.6 Å². The lowest BCUT2D eigenvalue weighted by molar-refractivity contribution is -0.119. The first kappa shape index (κ1) is 17.0. The fourth-order valence-electron chi connectivity index (χ4n) is 2.94. The fraction of sp³-hybridized carbons (Fsp3) is 0.316. The van der Waals surface area contributed by atoms with Gasteiger partial charge in [-0.05, 0) is 38.0 Å². The molecule has 6 nitrogen and oxygen atoms in total. The smallest absolute Gasteiger partial charge is 0.250 e. The molecule has 0 fully saturated rings. The molecule has 0 aliphatic rings. The molecule has 0 spiro atoms. The van der Waals surface area contributed by atoms with E-state index in [-0.39, 0.29) is 11.9 Å². The van der Waals surface area contributed by atoms with Gasteiger partial charge in [-0.25, -0.2) is 4.68 Å². The average molecular weight is 337 g/mol. The van der Waals surface area contributed by atoms with Crippen molar-refractivity contribution in [1.29, 1.82) is 0 Å². The normalized spacial score (nSPS) is 12.1. The Kier molecular flexibility index (Phi) is 4.97. The first-order valence-electron chi connectivity index (χ1n) is 8.59. The van der Waals surface area contributed by atoms with Crippen LogP contribution in [0.4, 0.5) is 5.82 Å². The van der Waals surface area contributed by atoms with E-state index in [1.807, 2.05) is 61.1 Å². The SMILES string of the molecule is CCc1nn(-c2ccccc2)c(NC(=O)[C@H](CC)n2cccn2)c1C. The topological polar surface area (TPSA) is 64.7 Å². The van der Waals surface area contributed by atoms with Crippen molar-refractivity contribution in [2.75, 3.05) is 5.32 Å². The third-order valence-corrected chi connectivity index (χ3v) is 4.33.